The zero-order valence-corrected chi connectivity index (χ0v) is 14.3. The number of aryl methyl sites for hydroxylation is 1. The number of carbonyl (C=O) groups is 1. The maximum atomic E-state index is 12.9. The Balaban J connectivity index is 1.43. The summed E-state index contributed by atoms with van der Waals surface area (Å²) in [7, 11) is 0. The van der Waals surface area contributed by atoms with E-state index < -0.39 is 0 Å². The van der Waals surface area contributed by atoms with E-state index in [2.05, 4.69) is 20.1 Å². The Hall–Kier alpha value is -2.73. The average Bonchev–Trinajstić information content (AvgIpc) is 3.05. The van der Waals surface area contributed by atoms with E-state index >= 15 is 0 Å². The number of hydrogen-bond acceptors (Lipinski definition) is 4. The minimum absolute atomic E-state index is 0.0143. The molecule has 25 heavy (non-hydrogen) atoms. The van der Waals surface area contributed by atoms with Gasteiger partial charge in [0.1, 0.15) is 0 Å². The number of H-pyrrole nitrogens is 1. The molecule has 1 aliphatic rings. The number of piperazine rings is 1. The predicted molar refractivity (Wildman–Crippen MR) is 96.2 cm³/mol. The number of nitrogens with one attached hydrogen (secondary N) is 1. The van der Waals surface area contributed by atoms with Crippen molar-refractivity contribution in [3.8, 4) is 0 Å². The largest absolute Gasteiger partial charge is 0.335 e. The van der Waals surface area contributed by atoms with Gasteiger partial charge in [0.25, 0.3) is 5.91 Å². The Labute approximate surface area is 146 Å². The van der Waals surface area contributed by atoms with Gasteiger partial charge in [-0.1, -0.05) is 11.6 Å². The molecule has 1 amide bonds. The Morgan fingerprint density at radius 3 is 2.64 bits per heavy atom. The number of hydrogen-bond donors (Lipinski definition) is 1. The van der Waals surface area contributed by atoms with Gasteiger partial charge < -0.3 is 4.90 Å². The van der Waals surface area contributed by atoms with E-state index in [-0.39, 0.29) is 5.91 Å². The third-order valence-electron chi connectivity index (χ3n) is 4.74. The van der Waals surface area contributed by atoms with Crippen LogP contribution in [0.3, 0.4) is 0 Å². The highest BCUT2D eigenvalue weighted by Gasteiger charge is 2.25. The van der Waals surface area contributed by atoms with Gasteiger partial charge in [-0.3, -0.25) is 19.8 Å². The van der Waals surface area contributed by atoms with Crippen LogP contribution in [0.5, 0.6) is 0 Å². The van der Waals surface area contributed by atoms with E-state index in [1.807, 2.05) is 54.5 Å². The highest BCUT2D eigenvalue weighted by molar-refractivity contribution is 6.04. The second-order valence-electron chi connectivity index (χ2n) is 6.55. The van der Waals surface area contributed by atoms with Crippen LogP contribution in [0.15, 0.2) is 42.7 Å². The fourth-order valence-electron chi connectivity index (χ4n) is 3.30. The molecule has 0 atom stereocenters. The summed E-state index contributed by atoms with van der Waals surface area (Å²) >= 11 is 0. The van der Waals surface area contributed by atoms with Crippen molar-refractivity contribution in [2.24, 2.45) is 0 Å². The number of aromatic amines is 1. The van der Waals surface area contributed by atoms with Crippen molar-refractivity contribution in [1.82, 2.24) is 25.0 Å². The summed E-state index contributed by atoms with van der Waals surface area (Å²) in [5, 5.41) is 8.13. The van der Waals surface area contributed by atoms with Crippen LogP contribution in [0.25, 0.3) is 10.9 Å². The molecule has 6 nitrogen and oxygen atoms in total. The number of carbonyl (C=O) groups excluding carboxylic acids is 1. The summed E-state index contributed by atoms with van der Waals surface area (Å²) in [6.45, 7) is 6.12. The number of amides is 1. The highest BCUT2D eigenvalue weighted by atomic mass is 16.2. The summed E-state index contributed by atoms with van der Waals surface area (Å²) in [5.74, 6) is 0.0143. The lowest BCUT2D eigenvalue weighted by Gasteiger charge is -2.34. The lowest BCUT2D eigenvalue weighted by Crippen LogP contribution is -2.48. The van der Waals surface area contributed by atoms with Crippen molar-refractivity contribution in [3.05, 3.63) is 59.5 Å². The van der Waals surface area contributed by atoms with E-state index in [1.54, 1.807) is 0 Å². The summed E-state index contributed by atoms with van der Waals surface area (Å²) in [6.07, 6.45) is 3.64. The Kier molecular flexibility index (Phi) is 4.19. The summed E-state index contributed by atoms with van der Waals surface area (Å²) in [6, 6.07) is 10.1. The molecule has 0 unspecified atom stereocenters. The van der Waals surface area contributed by atoms with Crippen molar-refractivity contribution in [2.45, 2.75) is 13.5 Å². The normalized spacial score (nSPS) is 15.6. The topological polar surface area (TPSA) is 65.1 Å². The molecule has 2 aromatic heterocycles. The summed E-state index contributed by atoms with van der Waals surface area (Å²) < 4.78 is 0. The monoisotopic (exact) mass is 335 g/mol. The van der Waals surface area contributed by atoms with Crippen LogP contribution >= 0.6 is 0 Å². The third-order valence-corrected chi connectivity index (χ3v) is 4.74. The Bertz CT molecular complexity index is 881. The molecule has 1 aliphatic heterocycles. The van der Waals surface area contributed by atoms with E-state index in [9.17, 15) is 4.79 Å². The molecule has 1 N–H and O–H groups in total. The van der Waals surface area contributed by atoms with E-state index in [0.717, 1.165) is 49.2 Å². The maximum absolute atomic E-state index is 12.9. The first-order chi connectivity index (χ1) is 12.2. The molecule has 0 saturated carbocycles. The van der Waals surface area contributed by atoms with Gasteiger partial charge in [-0.25, -0.2) is 0 Å². The van der Waals surface area contributed by atoms with Gasteiger partial charge in [0.15, 0.2) is 5.69 Å². The van der Waals surface area contributed by atoms with Crippen LogP contribution in [0.1, 0.15) is 21.6 Å². The van der Waals surface area contributed by atoms with Crippen molar-refractivity contribution < 1.29 is 4.79 Å². The van der Waals surface area contributed by atoms with Gasteiger partial charge in [0.05, 0.1) is 5.52 Å². The number of nitrogens with zero attached hydrogens (tertiary/aromatic N) is 4. The van der Waals surface area contributed by atoms with Crippen LogP contribution in [0.4, 0.5) is 0 Å². The SMILES string of the molecule is Cc1ccc2[nH]nc(C(=O)N3CCN(Cc4ccncc4)CC3)c2c1. The van der Waals surface area contributed by atoms with E-state index in [0.29, 0.717) is 5.69 Å². The second-order valence-corrected chi connectivity index (χ2v) is 6.55. The van der Waals surface area contributed by atoms with Crippen molar-refractivity contribution >= 4 is 16.8 Å². The van der Waals surface area contributed by atoms with E-state index in [1.165, 1.54) is 5.56 Å². The first-order valence-electron chi connectivity index (χ1n) is 8.56. The molecule has 0 bridgehead atoms. The van der Waals surface area contributed by atoms with Crippen molar-refractivity contribution in [2.75, 3.05) is 26.2 Å². The molecule has 1 aromatic carbocycles. The quantitative estimate of drug-likeness (QED) is 0.797. The van der Waals surface area contributed by atoms with Gasteiger partial charge in [0.2, 0.25) is 0 Å². The number of benzene rings is 1. The molecule has 6 heteroatoms. The molecule has 0 radical (unpaired) electrons. The molecule has 3 heterocycles. The molecule has 4 rings (SSSR count). The van der Waals surface area contributed by atoms with Crippen molar-refractivity contribution in [3.63, 3.8) is 0 Å². The van der Waals surface area contributed by atoms with Crippen LogP contribution in [0.2, 0.25) is 0 Å². The summed E-state index contributed by atoms with van der Waals surface area (Å²) in [5.41, 5.74) is 3.82. The second kappa shape index (κ2) is 6.64. The first kappa shape index (κ1) is 15.8. The van der Waals surface area contributed by atoms with Gasteiger partial charge >= 0.3 is 0 Å². The minimum Gasteiger partial charge on any atom is -0.335 e. The molecule has 1 saturated heterocycles. The standard InChI is InChI=1S/C19H21N5O/c1-14-2-3-17-16(12-14)18(22-21-17)19(25)24-10-8-23(9-11-24)13-15-4-6-20-7-5-15/h2-7,12H,8-11,13H2,1H3,(H,21,22). The number of aromatic nitrogens is 3. The average molecular weight is 335 g/mol. The molecular weight excluding hydrogens is 314 g/mol. The van der Waals surface area contributed by atoms with E-state index in [4.69, 9.17) is 0 Å². The van der Waals surface area contributed by atoms with Gasteiger partial charge in [0, 0.05) is 50.5 Å². The summed E-state index contributed by atoms with van der Waals surface area (Å²) in [4.78, 5) is 21.2. The van der Waals surface area contributed by atoms with Gasteiger partial charge in [-0.05, 0) is 36.8 Å². The number of fused-ring (bicyclic) bond motifs is 1. The van der Waals surface area contributed by atoms with Crippen LogP contribution < -0.4 is 0 Å². The van der Waals surface area contributed by atoms with Crippen LogP contribution in [-0.2, 0) is 6.54 Å². The molecule has 0 spiro atoms. The predicted octanol–water partition coefficient (Wildman–Crippen LogP) is 2.22. The number of rotatable bonds is 3. The molecule has 0 aliphatic carbocycles. The fourth-order valence-corrected chi connectivity index (χ4v) is 3.30. The molecule has 3 aromatic rings. The smallest absolute Gasteiger partial charge is 0.275 e. The van der Waals surface area contributed by atoms with Crippen molar-refractivity contribution in [1.29, 1.82) is 0 Å². The van der Waals surface area contributed by atoms with Gasteiger partial charge in [-0.15, -0.1) is 0 Å². The number of pyridine rings is 1. The zero-order chi connectivity index (χ0) is 17.2. The Morgan fingerprint density at radius 2 is 1.88 bits per heavy atom. The van der Waals surface area contributed by atoms with Crippen LogP contribution in [-0.4, -0.2) is 57.1 Å². The maximum Gasteiger partial charge on any atom is 0.275 e. The molecule has 1 fully saturated rings. The van der Waals surface area contributed by atoms with Crippen LogP contribution in [0, 0.1) is 6.92 Å². The first-order valence-corrected chi connectivity index (χ1v) is 8.56. The molecular formula is C19H21N5O. The Morgan fingerprint density at radius 1 is 1.12 bits per heavy atom. The lowest BCUT2D eigenvalue weighted by atomic mass is 10.1. The fraction of sp³-hybridized carbons (Fsp3) is 0.316. The lowest BCUT2D eigenvalue weighted by molar-refractivity contribution is 0.0624. The third kappa shape index (κ3) is 3.25. The van der Waals surface area contributed by atoms with Gasteiger partial charge in [-0.2, -0.15) is 5.10 Å². The highest BCUT2D eigenvalue weighted by Crippen LogP contribution is 2.20. The minimum atomic E-state index is 0.0143. The zero-order valence-electron chi connectivity index (χ0n) is 14.3. The molecule has 128 valence electrons.